The molecule has 0 aliphatic heterocycles. The number of carbonyl (C=O) groups excluding carboxylic acids is 1. The van der Waals surface area contributed by atoms with Crippen molar-refractivity contribution < 1.29 is 9.53 Å². The molecule has 0 atom stereocenters. The first-order chi connectivity index (χ1) is 9.27. The van der Waals surface area contributed by atoms with E-state index < -0.39 is 0 Å². The fraction of sp³-hybridized carbons (Fsp3) is 0.571. The van der Waals surface area contributed by atoms with Gasteiger partial charge in [0, 0.05) is 26.3 Å². The van der Waals surface area contributed by atoms with Crippen molar-refractivity contribution in [2.75, 3.05) is 31.6 Å². The maximum atomic E-state index is 11.8. The highest BCUT2D eigenvalue weighted by Gasteiger charge is 2.05. The van der Waals surface area contributed by atoms with Gasteiger partial charge in [-0.2, -0.15) is 0 Å². The van der Waals surface area contributed by atoms with Gasteiger partial charge in [0.05, 0.1) is 11.9 Å². The van der Waals surface area contributed by atoms with E-state index in [2.05, 4.69) is 22.5 Å². The molecule has 1 amide bonds. The molecule has 1 rings (SSSR count). The predicted octanol–water partition coefficient (Wildman–Crippen LogP) is 2.06. The zero-order chi connectivity index (χ0) is 13.9. The van der Waals surface area contributed by atoms with Crippen LogP contribution in [0.2, 0.25) is 0 Å². The Bertz CT molecular complexity index is 365. The first-order valence-corrected chi connectivity index (χ1v) is 6.83. The van der Waals surface area contributed by atoms with Crippen molar-refractivity contribution in [3.05, 3.63) is 24.0 Å². The highest BCUT2D eigenvalue weighted by Crippen LogP contribution is 2.05. The molecule has 1 aromatic heterocycles. The molecule has 0 aromatic carbocycles. The fourth-order valence-electron chi connectivity index (χ4n) is 1.55. The molecule has 5 nitrogen and oxygen atoms in total. The number of nitrogens with one attached hydrogen (secondary N) is 2. The molecule has 0 fully saturated rings. The smallest absolute Gasteiger partial charge is 0.269 e. The summed E-state index contributed by atoms with van der Waals surface area (Å²) in [4.78, 5) is 15.9. The summed E-state index contributed by atoms with van der Waals surface area (Å²) in [6.07, 6.45) is 3.51. The van der Waals surface area contributed by atoms with Gasteiger partial charge in [0.25, 0.3) is 5.91 Å². The van der Waals surface area contributed by atoms with Gasteiger partial charge in [-0.05, 0) is 31.9 Å². The second kappa shape index (κ2) is 9.33. The van der Waals surface area contributed by atoms with E-state index in [4.69, 9.17) is 4.74 Å². The number of carbonyl (C=O) groups is 1. The van der Waals surface area contributed by atoms with Crippen LogP contribution >= 0.6 is 0 Å². The second-order valence-corrected chi connectivity index (χ2v) is 4.18. The van der Waals surface area contributed by atoms with Crippen LogP contribution in [-0.2, 0) is 4.74 Å². The summed E-state index contributed by atoms with van der Waals surface area (Å²) in [5.74, 6) is -0.140. The van der Waals surface area contributed by atoms with E-state index in [0.717, 1.165) is 31.7 Å². The summed E-state index contributed by atoms with van der Waals surface area (Å²) in [5, 5.41) is 5.96. The number of hydrogen-bond donors (Lipinski definition) is 2. The number of pyridine rings is 1. The maximum Gasteiger partial charge on any atom is 0.269 e. The molecule has 19 heavy (non-hydrogen) atoms. The third kappa shape index (κ3) is 6.20. The van der Waals surface area contributed by atoms with E-state index in [-0.39, 0.29) is 5.91 Å². The SMILES string of the molecule is CCCOCCCNC(=O)c1ccc(NCC)cn1. The third-order valence-electron chi connectivity index (χ3n) is 2.48. The van der Waals surface area contributed by atoms with E-state index in [9.17, 15) is 4.79 Å². The summed E-state index contributed by atoms with van der Waals surface area (Å²) in [7, 11) is 0. The van der Waals surface area contributed by atoms with Crippen molar-refractivity contribution in [3.8, 4) is 0 Å². The van der Waals surface area contributed by atoms with Crippen LogP contribution in [0.15, 0.2) is 18.3 Å². The Morgan fingerprint density at radius 2 is 2.16 bits per heavy atom. The van der Waals surface area contributed by atoms with Crippen molar-refractivity contribution in [2.45, 2.75) is 26.7 Å². The largest absolute Gasteiger partial charge is 0.384 e. The Kier molecular flexibility index (Phi) is 7.58. The van der Waals surface area contributed by atoms with Gasteiger partial charge in [-0.15, -0.1) is 0 Å². The second-order valence-electron chi connectivity index (χ2n) is 4.18. The van der Waals surface area contributed by atoms with E-state index in [1.807, 2.05) is 13.0 Å². The van der Waals surface area contributed by atoms with Crippen molar-refractivity contribution >= 4 is 11.6 Å². The van der Waals surface area contributed by atoms with Gasteiger partial charge in [0.15, 0.2) is 0 Å². The Balaban J connectivity index is 2.25. The summed E-state index contributed by atoms with van der Waals surface area (Å²) in [5.41, 5.74) is 1.36. The minimum Gasteiger partial charge on any atom is -0.384 e. The molecule has 0 spiro atoms. The highest BCUT2D eigenvalue weighted by molar-refractivity contribution is 5.92. The Hall–Kier alpha value is -1.62. The van der Waals surface area contributed by atoms with Crippen LogP contribution in [0.5, 0.6) is 0 Å². The Morgan fingerprint density at radius 1 is 1.32 bits per heavy atom. The van der Waals surface area contributed by atoms with E-state index in [0.29, 0.717) is 18.8 Å². The summed E-state index contributed by atoms with van der Waals surface area (Å²) < 4.78 is 5.34. The lowest BCUT2D eigenvalue weighted by Gasteiger charge is -2.06. The zero-order valence-corrected chi connectivity index (χ0v) is 11.7. The number of rotatable bonds is 9. The summed E-state index contributed by atoms with van der Waals surface area (Å²) >= 11 is 0. The van der Waals surface area contributed by atoms with Crippen LogP contribution in [0.25, 0.3) is 0 Å². The molecule has 0 saturated carbocycles. The lowest BCUT2D eigenvalue weighted by Crippen LogP contribution is -2.26. The molecule has 2 N–H and O–H groups in total. The van der Waals surface area contributed by atoms with Crippen LogP contribution in [0.4, 0.5) is 5.69 Å². The van der Waals surface area contributed by atoms with Gasteiger partial charge in [-0.1, -0.05) is 6.92 Å². The van der Waals surface area contributed by atoms with Crippen LogP contribution in [0.3, 0.4) is 0 Å². The van der Waals surface area contributed by atoms with Gasteiger partial charge >= 0.3 is 0 Å². The summed E-state index contributed by atoms with van der Waals surface area (Å²) in [6.45, 7) is 7.00. The lowest BCUT2D eigenvalue weighted by molar-refractivity contribution is 0.0936. The molecule has 106 valence electrons. The van der Waals surface area contributed by atoms with Crippen molar-refractivity contribution in [2.24, 2.45) is 0 Å². The molecular weight excluding hydrogens is 242 g/mol. The summed E-state index contributed by atoms with van der Waals surface area (Å²) in [6, 6.07) is 3.58. The van der Waals surface area contributed by atoms with E-state index in [1.165, 1.54) is 0 Å². The Labute approximate surface area is 114 Å². The lowest BCUT2D eigenvalue weighted by atomic mass is 10.3. The molecule has 0 saturated heterocycles. The van der Waals surface area contributed by atoms with Crippen molar-refractivity contribution in [3.63, 3.8) is 0 Å². The van der Waals surface area contributed by atoms with Crippen molar-refractivity contribution in [1.82, 2.24) is 10.3 Å². The predicted molar refractivity (Wildman–Crippen MR) is 76.5 cm³/mol. The van der Waals surface area contributed by atoms with Crippen LogP contribution < -0.4 is 10.6 Å². The molecule has 1 heterocycles. The van der Waals surface area contributed by atoms with Crippen LogP contribution in [0, 0.1) is 0 Å². The zero-order valence-electron chi connectivity index (χ0n) is 11.7. The Morgan fingerprint density at radius 3 is 2.79 bits per heavy atom. The average molecular weight is 265 g/mol. The average Bonchev–Trinajstić information content (AvgIpc) is 2.43. The molecule has 0 aliphatic carbocycles. The minimum atomic E-state index is -0.140. The van der Waals surface area contributed by atoms with Gasteiger partial charge in [0.2, 0.25) is 0 Å². The van der Waals surface area contributed by atoms with E-state index >= 15 is 0 Å². The van der Waals surface area contributed by atoms with Gasteiger partial charge < -0.3 is 15.4 Å². The quantitative estimate of drug-likeness (QED) is 0.671. The molecule has 1 aromatic rings. The highest BCUT2D eigenvalue weighted by atomic mass is 16.5. The molecule has 5 heteroatoms. The molecule has 0 bridgehead atoms. The number of hydrogen-bond acceptors (Lipinski definition) is 4. The van der Waals surface area contributed by atoms with Crippen LogP contribution in [-0.4, -0.2) is 37.2 Å². The topological polar surface area (TPSA) is 63.2 Å². The first kappa shape index (κ1) is 15.4. The normalized spacial score (nSPS) is 10.2. The molecular formula is C14H23N3O2. The van der Waals surface area contributed by atoms with Crippen molar-refractivity contribution in [1.29, 1.82) is 0 Å². The van der Waals surface area contributed by atoms with E-state index in [1.54, 1.807) is 12.3 Å². The molecule has 0 aliphatic rings. The van der Waals surface area contributed by atoms with Gasteiger partial charge in [-0.3, -0.25) is 4.79 Å². The third-order valence-corrected chi connectivity index (χ3v) is 2.48. The number of ether oxygens (including phenoxy) is 1. The fourth-order valence-corrected chi connectivity index (χ4v) is 1.55. The van der Waals surface area contributed by atoms with Gasteiger partial charge in [0.1, 0.15) is 5.69 Å². The van der Waals surface area contributed by atoms with Crippen LogP contribution in [0.1, 0.15) is 37.2 Å². The molecule has 0 unspecified atom stereocenters. The minimum absolute atomic E-state index is 0.140. The van der Waals surface area contributed by atoms with Gasteiger partial charge in [-0.25, -0.2) is 4.98 Å². The number of anilines is 1. The maximum absolute atomic E-state index is 11.8. The monoisotopic (exact) mass is 265 g/mol. The first-order valence-electron chi connectivity index (χ1n) is 6.83. The number of nitrogens with zero attached hydrogens (tertiary/aromatic N) is 1. The standard InChI is InChI=1S/C14H23N3O2/c1-3-9-19-10-5-8-16-14(18)13-7-6-12(11-17-13)15-4-2/h6-7,11,15H,3-5,8-10H2,1-2H3,(H,16,18). The number of aromatic nitrogens is 1. The molecule has 0 radical (unpaired) electrons. The number of amides is 1.